The molecule has 2 aromatic rings. The Labute approximate surface area is 162 Å². The third kappa shape index (κ3) is 3.95. The molecule has 2 aromatic carbocycles. The van der Waals surface area contributed by atoms with Crippen LogP contribution < -0.4 is 15.5 Å². The van der Waals surface area contributed by atoms with Gasteiger partial charge in [0.25, 0.3) is 5.91 Å². The highest BCUT2D eigenvalue weighted by molar-refractivity contribution is 6.36. The van der Waals surface area contributed by atoms with E-state index in [-0.39, 0.29) is 12.5 Å². The number of rotatable bonds is 5. The smallest absolute Gasteiger partial charge is 0.310 e. The number of halogens is 1. The number of nitrogens with one attached hydrogen (secondary N) is 2. The van der Waals surface area contributed by atoms with Gasteiger partial charge in [0.05, 0.1) is 0 Å². The number of hydrogen-bond donors (Lipinski definition) is 2. The SMILES string of the molecule is CCCN1C(=O)[C@H](NC(=O)C(=O)NCc2ccccc2Cl)c2ccccc21. The van der Waals surface area contributed by atoms with Gasteiger partial charge in [0.1, 0.15) is 6.04 Å². The van der Waals surface area contributed by atoms with E-state index < -0.39 is 17.9 Å². The lowest BCUT2D eigenvalue weighted by Crippen LogP contribution is -2.44. The molecule has 0 saturated carbocycles. The van der Waals surface area contributed by atoms with Crippen LogP contribution in [-0.4, -0.2) is 24.3 Å². The zero-order valence-corrected chi connectivity index (χ0v) is 15.6. The van der Waals surface area contributed by atoms with E-state index in [9.17, 15) is 14.4 Å². The highest BCUT2D eigenvalue weighted by atomic mass is 35.5. The van der Waals surface area contributed by atoms with Crippen LogP contribution in [0.1, 0.15) is 30.5 Å². The molecule has 0 saturated heterocycles. The molecule has 0 aliphatic carbocycles. The minimum Gasteiger partial charge on any atom is -0.344 e. The molecule has 0 spiro atoms. The first-order valence-electron chi connectivity index (χ1n) is 8.75. The van der Waals surface area contributed by atoms with Gasteiger partial charge in [0.2, 0.25) is 0 Å². The van der Waals surface area contributed by atoms with Crippen molar-refractivity contribution in [1.29, 1.82) is 0 Å². The van der Waals surface area contributed by atoms with E-state index in [2.05, 4.69) is 10.6 Å². The molecule has 1 atom stereocenters. The number of benzene rings is 2. The summed E-state index contributed by atoms with van der Waals surface area (Å²) >= 11 is 6.04. The number of amides is 3. The molecule has 2 N–H and O–H groups in total. The second-order valence-corrected chi connectivity index (χ2v) is 6.64. The van der Waals surface area contributed by atoms with Gasteiger partial charge in [-0.15, -0.1) is 0 Å². The van der Waals surface area contributed by atoms with Crippen molar-refractivity contribution in [1.82, 2.24) is 10.6 Å². The molecule has 0 bridgehead atoms. The third-order valence-corrected chi connectivity index (χ3v) is 4.75. The number of hydrogen-bond acceptors (Lipinski definition) is 3. The fourth-order valence-corrected chi connectivity index (χ4v) is 3.28. The Hall–Kier alpha value is -2.86. The lowest BCUT2D eigenvalue weighted by atomic mass is 10.1. The lowest BCUT2D eigenvalue weighted by Gasteiger charge is -2.17. The molecule has 3 amide bonds. The lowest BCUT2D eigenvalue weighted by molar-refractivity contribution is -0.140. The van der Waals surface area contributed by atoms with Gasteiger partial charge in [-0.2, -0.15) is 0 Å². The number of carbonyl (C=O) groups is 3. The van der Waals surface area contributed by atoms with Crippen LogP contribution in [0.3, 0.4) is 0 Å². The largest absolute Gasteiger partial charge is 0.344 e. The normalized spacial score (nSPS) is 15.4. The molecule has 1 aliphatic rings. The van der Waals surface area contributed by atoms with Crippen molar-refractivity contribution in [2.24, 2.45) is 0 Å². The van der Waals surface area contributed by atoms with Crippen molar-refractivity contribution in [2.75, 3.05) is 11.4 Å². The first-order chi connectivity index (χ1) is 13.0. The summed E-state index contributed by atoms with van der Waals surface area (Å²) in [4.78, 5) is 38.8. The van der Waals surface area contributed by atoms with Gasteiger partial charge in [-0.1, -0.05) is 54.9 Å². The van der Waals surface area contributed by atoms with Crippen molar-refractivity contribution < 1.29 is 14.4 Å². The van der Waals surface area contributed by atoms with Crippen molar-refractivity contribution >= 4 is 35.0 Å². The first-order valence-corrected chi connectivity index (χ1v) is 9.13. The second kappa shape index (κ2) is 8.22. The van der Waals surface area contributed by atoms with Crippen LogP contribution >= 0.6 is 11.6 Å². The quantitative estimate of drug-likeness (QED) is 0.776. The topological polar surface area (TPSA) is 78.5 Å². The van der Waals surface area contributed by atoms with E-state index in [1.165, 1.54) is 0 Å². The van der Waals surface area contributed by atoms with Crippen LogP contribution in [0.4, 0.5) is 5.69 Å². The minimum absolute atomic E-state index is 0.128. The summed E-state index contributed by atoms with van der Waals surface area (Å²) in [6.45, 7) is 2.66. The molecule has 3 rings (SSSR count). The fraction of sp³-hybridized carbons (Fsp3) is 0.250. The minimum atomic E-state index is -0.855. The van der Waals surface area contributed by atoms with E-state index in [0.29, 0.717) is 22.7 Å². The molecule has 0 fully saturated rings. The Morgan fingerprint density at radius 1 is 1.07 bits per heavy atom. The van der Waals surface area contributed by atoms with Crippen LogP contribution in [0.5, 0.6) is 0 Å². The summed E-state index contributed by atoms with van der Waals surface area (Å²) in [7, 11) is 0. The van der Waals surface area contributed by atoms with E-state index >= 15 is 0 Å². The van der Waals surface area contributed by atoms with Crippen molar-refractivity contribution in [3.8, 4) is 0 Å². The maximum atomic E-state index is 12.7. The van der Waals surface area contributed by atoms with E-state index in [1.807, 2.05) is 19.1 Å². The van der Waals surface area contributed by atoms with Crippen LogP contribution in [0, 0.1) is 0 Å². The predicted octanol–water partition coefficient (Wildman–Crippen LogP) is 2.57. The fourth-order valence-electron chi connectivity index (χ4n) is 3.07. The molecule has 0 aromatic heterocycles. The Kier molecular flexibility index (Phi) is 5.76. The maximum absolute atomic E-state index is 12.7. The number of para-hydroxylation sites is 1. The molecule has 7 heteroatoms. The second-order valence-electron chi connectivity index (χ2n) is 6.23. The number of carbonyl (C=O) groups excluding carboxylic acids is 3. The van der Waals surface area contributed by atoms with Crippen molar-refractivity contribution in [3.05, 3.63) is 64.7 Å². The highest BCUT2D eigenvalue weighted by Gasteiger charge is 2.38. The number of anilines is 1. The summed E-state index contributed by atoms with van der Waals surface area (Å²) in [5.74, 6) is -1.90. The zero-order valence-electron chi connectivity index (χ0n) is 14.9. The van der Waals surface area contributed by atoms with E-state index in [0.717, 1.165) is 12.1 Å². The molecule has 0 radical (unpaired) electrons. The zero-order chi connectivity index (χ0) is 19.4. The summed E-state index contributed by atoms with van der Waals surface area (Å²) in [5, 5.41) is 5.58. The number of fused-ring (bicyclic) bond motifs is 1. The summed E-state index contributed by atoms with van der Waals surface area (Å²) in [6.07, 6.45) is 0.791. The molecule has 140 valence electrons. The highest BCUT2D eigenvalue weighted by Crippen LogP contribution is 2.35. The van der Waals surface area contributed by atoms with Gasteiger partial charge < -0.3 is 15.5 Å². The Bertz CT molecular complexity index is 884. The van der Waals surface area contributed by atoms with Crippen LogP contribution in [0.2, 0.25) is 5.02 Å². The molecule has 1 heterocycles. The van der Waals surface area contributed by atoms with Gasteiger partial charge in [-0.25, -0.2) is 0 Å². The summed E-state index contributed by atoms with van der Waals surface area (Å²) in [5.41, 5.74) is 2.17. The Balaban J connectivity index is 1.67. The van der Waals surface area contributed by atoms with Crippen molar-refractivity contribution in [2.45, 2.75) is 25.9 Å². The molecule has 0 unspecified atom stereocenters. The van der Waals surface area contributed by atoms with Crippen LogP contribution in [0.15, 0.2) is 48.5 Å². The average molecular weight is 386 g/mol. The van der Waals surface area contributed by atoms with Crippen LogP contribution in [0.25, 0.3) is 0 Å². The molecule has 27 heavy (non-hydrogen) atoms. The Morgan fingerprint density at radius 3 is 2.52 bits per heavy atom. The molecule has 6 nitrogen and oxygen atoms in total. The van der Waals surface area contributed by atoms with Gasteiger partial charge in [-0.3, -0.25) is 14.4 Å². The van der Waals surface area contributed by atoms with Gasteiger partial charge in [0.15, 0.2) is 0 Å². The first kappa shape index (κ1) is 18.9. The average Bonchev–Trinajstić information content (AvgIpc) is 2.93. The van der Waals surface area contributed by atoms with Crippen LogP contribution in [-0.2, 0) is 20.9 Å². The summed E-state index contributed by atoms with van der Waals surface area (Å²) in [6, 6.07) is 13.5. The van der Waals surface area contributed by atoms with E-state index in [1.54, 1.807) is 41.3 Å². The predicted molar refractivity (Wildman–Crippen MR) is 103 cm³/mol. The third-order valence-electron chi connectivity index (χ3n) is 4.38. The van der Waals surface area contributed by atoms with Crippen molar-refractivity contribution in [3.63, 3.8) is 0 Å². The van der Waals surface area contributed by atoms with E-state index in [4.69, 9.17) is 11.6 Å². The summed E-state index contributed by atoms with van der Waals surface area (Å²) < 4.78 is 0. The Morgan fingerprint density at radius 2 is 1.78 bits per heavy atom. The van der Waals surface area contributed by atoms with Gasteiger partial charge in [0, 0.05) is 29.4 Å². The van der Waals surface area contributed by atoms with Gasteiger partial charge in [-0.05, 0) is 24.1 Å². The molecule has 1 aliphatic heterocycles. The maximum Gasteiger partial charge on any atom is 0.310 e. The molecular weight excluding hydrogens is 366 g/mol. The van der Waals surface area contributed by atoms with Gasteiger partial charge >= 0.3 is 11.8 Å². The monoisotopic (exact) mass is 385 g/mol. The number of nitrogens with zero attached hydrogens (tertiary/aromatic N) is 1. The standard InChI is InChI=1S/C20H20ClN3O3/c1-2-11-24-16-10-6-4-8-14(16)17(20(24)27)23-19(26)18(25)22-12-13-7-3-5-9-15(13)21/h3-10,17H,2,11-12H2,1H3,(H,22,25)(H,23,26)/t17-/m1/s1. The molecular formula is C20H20ClN3O3.